The highest BCUT2D eigenvalue weighted by atomic mass is 32.2. The lowest BCUT2D eigenvalue weighted by Gasteiger charge is -2.34. The molecule has 0 radical (unpaired) electrons. The molecule has 0 aromatic heterocycles. The van der Waals surface area contributed by atoms with Gasteiger partial charge in [0.05, 0.1) is 24.4 Å². The molecule has 0 aliphatic carbocycles. The summed E-state index contributed by atoms with van der Waals surface area (Å²) in [6, 6.07) is 9.85. The zero-order chi connectivity index (χ0) is 15.9. The number of carbonyl (C=O) groups excluding carboxylic acids is 1. The second-order valence-corrected chi connectivity index (χ2v) is 6.48. The maximum atomic E-state index is 12.7. The molecule has 0 saturated carbocycles. The van der Waals surface area contributed by atoms with E-state index < -0.39 is 12.1 Å². The van der Waals surface area contributed by atoms with E-state index in [4.69, 9.17) is 9.84 Å². The van der Waals surface area contributed by atoms with E-state index in [9.17, 15) is 9.59 Å². The van der Waals surface area contributed by atoms with E-state index in [1.165, 1.54) is 0 Å². The number of hydrogen-bond acceptors (Lipinski definition) is 4. The first-order valence-electron chi connectivity index (χ1n) is 7.44. The van der Waals surface area contributed by atoms with Crippen LogP contribution >= 0.6 is 11.8 Å². The first-order valence-corrected chi connectivity index (χ1v) is 8.32. The van der Waals surface area contributed by atoms with Crippen LogP contribution in [0.3, 0.4) is 0 Å². The van der Waals surface area contributed by atoms with E-state index in [0.717, 1.165) is 11.3 Å². The van der Waals surface area contributed by atoms with Crippen molar-refractivity contribution in [2.24, 2.45) is 0 Å². The van der Waals surface area contributed by atoms with Crippen molar-refractivity contribution in [1.82, 2.24) is 4.90 Å². The van der Waals surface area contributed by atoms with Gasteiger partial charge < -0.3 is 14.7 Å². The second kappa shape index (κ2) is 8.19. The number of amides is 1. The Morgan fingerprint density at radius 3 is 2.77 bits per heavy atom. The summed E-state index contributed by atoms with van der Waals surface area (Å²) >= 11 is 1.56. The monoisotopic (exact) mass is 323 g/mol. The highest BCUT2D eigenvalue weighted by Gasteiger charge is 2.30. The fraction of sp³-hybridized carbons (Fsp3) is 0.500. The predicted octanol–water partition coefficient (Wildman–Crippen LogP) is 2.26. The molecule has 2 unspecified atom stereocenters. The first-order chi connectivity index (χ1) is 10.6. The quantitative estimate of drug-likeness (QED) is 0.814. The molecule has 1 aromatic rings. The number of carboxylic acids is 1. The summed E-state index contributed by atoms with van der Waals surface area (Å²) in [7, 11) is 0. The van der Waals surface area contributed by atoms with E-state index in [0.29, 0.717) is 19.7 Å². The van der Waals surface area contributed by atoms with Gasteiger partial charge in [0.15, 0.2) is 0 Å². The van der Waals surface area contributed by atoms with Crippen molar-refractivity contribution in [3.05, 3.63) is 30.3 Å². The van der Waals surface area contributed by atoms with Gasteiger partial charge in [-0.1, -0.05) is 25.1 Å². The summed E-state index contributed by atoms with van der Waals surface area (Å²) in [6.45, 7) is 3.28. The summed E-state index contributed by atoms with van der Waals surface area (Å²) in [4.78, 5) is 26.3. The third kappa shape index (κ3) is 4.74. The number of carboxylic acid groups (broad SMARTS) is 1. The number of carbonyl (C=O) groups is 2. The Balaban J connectivity index is 1.97. The molecule has 5 nitrogen and oxygen atoms in total. The topological polar surface area (TPSA) is 66.8 Å². The SMILES string of the molecule is CCC(Sc1ccccc1)C(=O)N1CCOC(CC(=O)O)C1. The zero-order valence-electron chi connectivity index (χ0n) is 12.6. The van der Waals surface area contributed by atoms with E-state index in [1.807, 2.05) is 37.3 Å². The molecule has 1 aromatic carbocycles. The van der Waals surface area contributed by atoms with Gasteiger partial charge in [-0.15, -0.1) is 11.8 Å². The molecule has 2 rings (SSSR count). The minimum atomic E-state index is -0.898. The Morgan fingerprint density at radius 1 is 1.41 bits per heavy atom. The first kappa shape index (κ1) is 16.8. The largest absolute Gasteiger partial charge is 0.481 e. The van der Waals surface area contributed by atoms with Gasteiger partial charge in [-0.2, -0.15) is 0 Å². The number of benzene rings is 1. The summed E-state index contributed by atoms with van der Waals surface area (Å²) in [5.74, 6) is -0.833. The fourth-order valence-electron chi connectivity index (χ4n) is 2.41. The standard InChI is InChI=1S/C16H21NO4S/c1-2-14(22-13-6-4-3-5-7-13)16(20)17-8-9-21-12(11-17)10-15(18)19/h3-7,12,14H,2,8-11H2,1H3,(H,18,19). The highest BCUT2D eigenvalue weighted by molar-refractivity contribution is 8.00. The molecule has 1 heterocycles. The minimum absolute atomic E-state index is 0.0631. The van der Waals surface area contributed by atoms with Gasteiger partial charge in [-0.05, 0) is 18.6 Å². The third-order valence-corrected chi connectivity index (χ3v) is 4.88. The number of morpholine rings is 1. The summed E-state index contributed by atoms with van der Waals surface area (Å²) in [6.07, 6.45) is 0.264. The van der Waals surface area contributed by atoms with E-state index in [-0.39, 0.29) is 17.6 Å². The molecule has 1 saturated heterocycles. The number of aliphatic carboxylic acids is 1. The molecular formula is C16H21NO4S. The van der Waals surface area contributed by atoms with Crippen LogP contribution < -0.4 is 0 Å². The smallest absolute Gasteiger partial charge is 0.306 e. The van der Waals surface area contributed by atoms with Crippen molar-refractivity contribution >= 4 is 23.6 Å². The van der Waals surface area contributed by atoms with Crippen molar-refractivity contribution in [1.29, 1.82) is 0 Å². The molecule has 1 amide bonds. The molecule has 120 valence electrons. The van der Waals surface area contributed by atoms with Crippen molar-refractivity contribution in [2.75, 3.05) is 19.7 Å². The summed E-state index contributed by atoms with van der Waals surface area (Å²) in [5.41, 5.74) is 0. The van der Waals surface area contributed by atoms with Crippen LogP contribution in [0.5, 0.6) is 0 Å². The van der Waals surface area contributed by atoms with Crippen LogP contribution in [0.15, 0.2) is 35.2 Å². The predicted molar refractivity (Wildman–Crippen MR) is 85.0 cm³/mol. The molecule has 0 spiro atoms. The van der Waals surface area contributed by atoms with Crippen LogP contribution in [0, 0.1) is 0 Å². The summed E-state index contributed by atoms with van der Waals surface area (Å²) < 4.78 is 5.42. The van der Waals surface area contributed by atoms with Crippen LogP contribution in [0.2, 0.25) is 0 Å². The van der Waals surface area contributed by atoms with E-state index >= 15 is 0 Å². The molecular weight excluding hydrogens is 302 g/mol. The number of ether oxygens (including phenoxy) is 1. The Morgan fingerprint density at radius 2 is 2.14 bits per heavy atom. The molecule has 1 fully saturated rings. The van der Waals surface area contributed by atoms with Crippen LogP contribution in [-0.2, 0) is 14.3 Å². The molecule has 1 N–H and O–H groups in total. The van der Waals surface area contributed by atoms with Gasteiger partial charge in [0.1, 0.15) is 0 Å². The molecule has 1 aliphatic heterocycles. The fourth-order valence-corrected chi connectivity index (χ4v) is 3.47. The lowest BCUT2D eigenvalue weighted by atomic mass is 10.2. The van der Waals surface area contributed by atoms with Crippen molar-refractivity contribution < 1.29 is 19.4 Å². The Kier molecular flexibility index (Phi) is 6.27. The molecule has 0 bridgehead atoms. The van der Waals surface area contributed by atoms with Crippen LogP contribution in [-0.4, -0.2) is 52.9 Å². The number of hydrogen-bond donors (Lipinski definition) is 1. The number of rotatable bonds is 6. The Labute approximate surface area is 134 Å². The normalized spacial score (nSPS) is 19.7. The van der Waals surface area contributed by atoms with Gasteiger partial charge in [-0.25, -0.2) is 0 Å². The van der Waals surface area contributed by atoms with Crippen LogP contribution in [0.25, 0.3) is 0 Å². The molecule has 6 heteroatoms. The van der Waals surface area contributed by atoms with Crippen molar-refractivity contribution in [3.63, 3.8) is 0 Å². The van der Waals surface area contributed by atoms with Crippen LogP contribution in [0.4, 0.5) is 0 Å². The van der Waals surface area contributed by atoms with E-state index in [1.54, 1.807) is 16.7 Å². The Hall–Kier alpha value is -1.53. The van der Waals surface area contributed by atoms with Gasteiger partial charge in [0.2, 0.25) is 5.91 Å². The van der Waals surface area contributed by atoms with Gasteiger partial charge in [-0.3, -0.25) is 9.59 Å². The lowest BCUT2D eigenvalue weighted by Crippen LogP contribution is -2.49. The van der Waals surface area contributed by atoms with Gasteiger partial charge >= 0.3 is 5.97 Å². The third-order valence-electron chi connectivity index (χ3n) is 3.52. The molecule has 22 heavy (non-hydrogen) atoms. The number of thioether (sulfide) groups is 1. The molecule has 1 aliphatic rings. The average molecular weight is 323 g/mol. The zero-order valence-corrected chi connectivity index (χ0v) is 13.4. The summed E-state index contributed by atoms with van der Waals surface area (Å²) in [5, 5.41) is 8.71. The highest BCUT2D eigenvalue weighted by Crippen LogP contribution is 2.27. The number of nitrogens with zero attached hydrogens (tertiary/aromatic N) is 1. The Bertz CT molecular complexity index is 508. The molecule has 2 atom stereocenters. The van der Waals surface area contributed by atoms with Gasteiger partial charge in [0, 0.05) is 18.0 Å². The lowest BCUT2D eigenvalue weighted by molar-refractivity contribution is -0.147. The van der Waals surface area contributed by atoms with Crippen LogP contribution in [0.1, 0.15) is 19.8 Å². The van der Waals surface area contributed by atoms with Gasteiger partial charge in [0.25, 0.3) is 0 Å². The average Bonchev–Trinajstić information content (AvgIpc) is 2.52. The second-order valence-electron chi connectivity index (χ2n) is 5.20. The maximum Gasteiger partial charge on any atom is 0.306 e. The van der Waals surface area contributed by atoms with Crippen molar-refractivity contribution in [2.45, 2.75) is 36.0 Å². The van der Waals surface area contributed by atoms with Crippen molar-refractivity contribution in [3.8, 4) is 0 Å². The minimum Gasteiger partial charge on any atom is -0.481 e. The maximum absolute atomic E-state index is 12.7. The van der Waals surface area contributed by atoms with E-state index in [2.05, 4.69) is 0 Å².